The molecule has 5 aromatic carbocycles. The van der Waals surface area contributed by atoms with Gasteiger partial charge in [0.25, 0.3) is 6.71 Å². The van der Waals surface area contributed by atoms with Crippen LogP contribution in [0.5, 0.6) is 23.0 Å². The molecular weight excluding hydrogens is 555 g/mol. The van der Waals surface area contributed by atoms with E-state index in [0.29, 0.717) is 11.6 Å². The Kier molecular flexibility index (Phi) is 5.81. The molecule has 0 radical (unpaired) electrons. The van der Waals surface area contributed by atoms with Crippen LogP contribution in [0.3, 0.4) is 0 Å². The number of hydrogen-bond donors (Lipinski definition) is 0. The largest absolute Gasteiger partial charge is 0.458 e. The summed E-state index contributed by atoms with van der Waals surface area (Å²) in [6.07, 6.45) is 3.61. The number of rotatable bonds is 4. The van der Waals surface area contributed by atoms with Gasteiger partial charge in [-0.2, -0.15) is 0 Å². The Bertz CT molecular complexity index is 2090. The van der Waals surface area contributed by atoms with Crippen molar-refractivity contribution >= 4 is 23.1 Å². The molecule has 0 aliphatic carbocycles. The molecule has 2 aromatic heterocycles. The fourth-order valence-corrected chi connectivity index (χ4v) is 6.23. The van der Waals surface area contributed by atoms with Crippen molar-refractivity contribution in [1.29, 1.82) is 0 Å². The minimum absolute atomic E-state index is 0.0395. The minimum Gasteiger partial charge on any atom is -0.458 e. The predicted molar refractivity (Wildman–Crippen MR) is 177 cm³/mol. The standard InChI is InChI=1S/C38H23BN4O2/c1-3-8-24(9-4-1)37-40-20-18-30(42-37)26-14-16-28-34(22-26)44-32-12-7-13-33-36(32)39(28)29-17-15-27(23-35(29)45-33)31-19-21-41-38(43-31)25-10-5-2-6-11-25/h1-23H. The van der Waals surface area contributed by atoms with Crippen molar-refractivity contribution in [2.45, 2.75) is 0 Å². The Labute approximate surface area is 260 Å². The average molecular weight is 578 g/mol. The Balaban J connectivity index is 1.12. The Morgan fingerprint density at radius 2 is 0.911 bits per heavy atom. The van der Waals surface area contributed by atoms with E-state index in [1.165, 1.54) is 0 Å². The van der Waals surface area contributed by atoms with Gasteiger partial charge in [0.15, 0.2) is 11.6 Å². The molecule has 0 atom stereocenters. The highest BCUT2D eigenvalue weighted by Crippen LogP contribution is 2.37. The summed E-state index contributed by atoms with van der Waals surface area (Å²) in [5.74, 6) is 4.59. The van der Waals surface area contributed by atoms with E-state index in [2.05, 4.69) is 46.4 Å². The van der Waals surface area contributed by atoms with Crippen molar-refractivity contribution in [3.63, 3.8) is 0 Å². The normalized spacial score (nSPS) is 12.3. The molecule has 0 saturated heterocycles. The van der Waals surface area contributed by atoms with E-state index < -0.39 is 0 Å². The van der Waals surface area contributed by atoms with Crippen molar-refractivity contribution in [2.75, 3.05) is 0 Å². The second-order valence-electron chi connectivity index (χ2n) is 11.1. The molecule has 0 N–H and O–H groups in total. The topological polar surface area (TPSA) is 70.0 Å². The summed E-state index contributed by atoms with van der Waals surface area (Å²) < 4.78 is 13.0. The second kappa shape index (κ2) is 10.3. The molecule has 7 aromatic rings. The fourth-order valence-electron chi connectivity index (χ4n) is 6.23. The third-order valence-electron chi connectivity index (χ3n) is 8.37. The van der Waals surface area contributed by atoms with Crippen LogP contribution in [-0.2, 0) is 0 Å². The van der Waals surface area contributed by atoms with Crippen LogP contribution in [0, 0.1) is 0 Å². The molecule has 2 aliphatic heterocycles. The van der Waals surface area contributed by atoms with Crippen LogP contribution in [0.25, 0.3) is 45.3 Å². The van der Waals surface area contributed by atoms with Crippen molar-refractivity contribution in [3.05, 3.63) is 140 Å². The van der Waals surface area contributed by atoms with Crippen molar-refractivity contribution in [3.8, 4) is 68.3 Å². The third kappa shape index (κ3) is 4.36. The summed E-state index contributed by atoms with van der Waals surface area (Å²) in [4.78, 5) is 18.8. The maximum atomic E-state index is 6.52. The summed E-state index contributed by atoms with van der Waals surface area (Å²) >= 11 is 0. The monoisotopic (exact) mass is 578 g/mol. The molecular formula is C38H23BN4O2. The van der Waals surface area contributed by atoms with E-state index in [1.54, 1.807) is 12.4 Å². The molecule has 0 spiro atoms. The number of ether oxygens (including phenoxy) is 2. The SMILES string of the molecule is c1ccc(-c2nccc(-c3ccc4c(c3)Oc3cccc5c3B4c3ccc(-c4ccnc(-c6ccccc6)n4)cc3O5)n2)cc1. The van der Waals surface area contributed by atoms with Gasteiger partial charge in [0.2, 0.25) is 0 Å². The van der Waals surface area contributed by atoms with Gasteiger partial charge in [-0.05, 0) is 47.3 Å². The van der Waals surface area contributed by atoms with E-state index in [4.69, 9.17) is 19.4 Å². The van der Waals surface area contributed by atoms with Gasteiger partial charge in [0.1, 0.15) is 23.0 Å². The molecule has 2 aliphatic rings. The molecule has 0 amide bonds. The molecule has 6 nitrogen and oxygen atoms in total. The van der Waals surface area contributed by atoms with E-state index >= 15 is 0 Å². The van der Waals surface area contributed by atoms with E-state index in [0.717, 1.165) is 73.0 Å². The van der Waals surface area contributed by atoms with Crippen molar-refractivity contribution in [1.82, 2.24) is 19.9 Å². The quantitative estimate of drug-likeness (QED) is 0.218. The maximum absolute atomic E-state index is 6.52. The molecule has 0 saturated carbocycles. The summed E-state index contributed by atoms with van der Waals surface area (Å²) in [5, 5.41) is 0. The first-order valence-corrected chi connectivity index (χ1v) is 14.8. The minimum atomic E-state index is -0.0395. The Morgan fingerprint density at radius 3 is 1.40 bits per heavy atom. The van der Waals surface area contributed by atoms with E-state index in [9.17, 15) is 0 Å². The molecule has 4 heterocycles. The lowest BCUT2D eigenvalue weighted by molar-refractivity contribution is 0.464. The highest BCUT2D eigenvalue weighted by atomic mass is 16.5. The van der Waals surface area contributed by atoms with Crippen LogP contribution in [0.1, 0.15) is 0 Å². The van der Waals surface area contributed by atoms with Gasteiger partial charge < -0.3 is 9.47 Å². The first-order valence-electron chi connectivity index (χ1n) is 14.8. The lowest BCUT2D eigenvalue weighted by Crippen LogP contribution is -2.57. The Morgan fingerprint density at radius 1 is 0.422 bits per heavy atom. The number of benzene rings is 5. The van der Waals surface area contributed by atoms with Gasteiger partial charge >= 0.3 is 0 Å². The zero-order chi connectivity index (χ0) is 29.7. The van der Waals surface area contributed by atoms with Crippen molar-refractivity contribution in [2.24, 2.45) is 0 Å². The zero-order valence-electron chi connectivity index (χ0n) is 24.0. The number of fused-ring (bicyclic) bond motifs is 4. The number of hydrogen-bond acceptors (Lipinski definition) is 6. The van der Waals surface area contributed by atoms with Gasteiger partial charge in [0, 0.05) is 40.1 Å². The summed E-state index contributed by atoms with van der Waals surface area (Å²) in [5.41, 5.74) is 8.78. The van der Waals surface area contributed by atoms with Gasteiger partial charge in [0.05, 0.1) is 11.4 Å². The molecule has 0 bridgehead atoms. The summed E-state index contributed by atoms with van der Waals surface area (Å²) in [6.45, 7) is -0.0395. The first kappa shape index (κ1) is 25.4. The number of aromatic nitrogens is 4. The smallest absolute Gasteiger partial charge is 0.260 e. The third-order valence-corrected chi connectivity index (χ3v) is 8.37. The highest BCUT2D eigenvalue weighted by molar-refractivity contribution is 6.98. The predicted octanol–water partition coefficient (Wildman–Crippen LogP) is 6.66. The number of nitrogens with zero attached hydrogens (tertiary/aromatic N) is 4. The van der Waals surface area contributed by atoms with Crippen LogP contribution >= 0.6 is 0 Å². The fraction of sp³-hybridized carbons (Fsp3) is 0. The maximum Gasteiger partial charge on any atom is 0.260 e. The second-order valence-corrected chi connectivity index (χ2v) is 11.1. The first-order chi connectivity index (χ1) is 22.3. The zero-order valence-corrected chi connectivity index (χ0v) is 24.0. The van der Waals surface area contributed by atoms with Gasteiger partial charge in [-0.1, -0.05) is 91.0 Å². The molecule has 7 heteroatoms. The van der Waals surface area contributed by atoms with Crippen LogP contribution in [0.15, 0.2) is 140 Å². The van der Waals surface area contributed by atoms with Crippen LogP contribution < -0.4 is 25.9 Å². The molecule has 210 valence electrons. The lowest BCUT2D eigenvalue weighted by Gasteiger charge is -2.33. The van der Waals surface area contributed by atoms with Gasteiger partial charge in [-0.3, -0.25) is 0 Å². The van der Waals surface area contributed by atoms with Crippen LogP contribution in [0.2, 0.25) is 0 Å². The molecule has 45 heavy (non-hydrogen) atoms. The summed E-state index contributed by atoms with van der Waals surface area (Å²) in [6, 6.07) is 42.6. The van der Waals surface area contributed by atoms with Crippen LogP contribution in [0.4, 0.5) is 0 Å². The lowest BCUT2D eigenvalue weighted by atomic mass is 9.35. The van der Waals surface area contributed by atoms with Crippen molar-refractivity contribution < 1.29 is 9.47 Å². The summed E-state index contributed by atoms with van der Waals surface area (Å²) in [7, 11) is 0. The highest BCUT2D eigenvalue weighted by Gasteiger charge is 2.40. The van der Waals surface area contributed by atoms with Crippen LogP contribution in [-0.4, -0.2) is 26.6 Å². The average Bonchev–Trinajstić information content (AvgIpc) is 3.12. The molecule has 0 unspecified atom stereocenters. The Hall–Kier alpha value is -6.08. The van der Waals surface area contributed by atoms with Gasteiger partial charge in [-0.25, -0.2) is 19.9 Å². The van der Waals surface area contributed by atoms with Gasteiger partial charge in [-0.15, -0.1) is 0 Å². The van der Waals surface area contributed by atoms with E-state index in [1.807, 2.05) is 91.0 Å². The molecule has 9 rings (SSSR count). The van der Waals surface area contributed by atoms with E-state index in [-0.39, 0.29) is 6.71 Å². The molecule has 0 fully saturated rings.